The topological polar surface area (TPSA) is 71.7 Å². The molecule has 0 saturated carbocycles. The van der Waals surface area contributed by atoms with Crippen LogP contribution in [-0.4, -0.2) is 61.7 Å². The molecule has 1 atom stereocenters. The lowest BCUT2D eigenvalue weighted by atomic mass is 9.97. The fourth-order valence-corrected chi connectivity index (χ4v) is 3.32. The van der Waals surface area contributed by atoms with Crippen molar-refractivity contribution in [2.75, 3.05) is 50.8 Å². The lowest BCUT2D eigenvalue weighted by Crippen LogP contribution is -2.44. The number of carbonyl (C=O) groups is 1. The summed E-state index contributed by atoms with van der Waals surface area (Å²) in [5.74, 6) is 1.11. The van der Waals surface area contributed by atoms with Gasteiger partial charge in [-0.1, -0.05) is 0 Å². The molecule has 0 aliphatic carbocycles. The number of anilines is 1. The number of pyridine rings is 1. The van der Waals surface area contributed by atoms with Gasteiger partial charge in [-0.05, 0) is 30.9 Å². The number of primary amides is 1. The molecule has 0 spiro atoms. The van der Waals surface area contributed by atoms with Gasteiger partial charge in [0.1, 0.15) is 5.82 Å². The van der Waals surface area contributed by atoms with E-state index >= 15 is 0 Å². The number of amides is 1. The van der Waals surface area contributed by atoms with Crippen LogP contribution in [0.25, 0.3) is 0 Å². The molecule has 22 heavy (non-hydrogen) atoms. The number of rotatable bonds is 4. The fraction of sp³-hybridized carbons (Fsp3) is 0.625. The molecule has 6 nitrogen and oxygen atoms in total. The highest BCUT2D eigenvalue weighted by Crippen LogP contribution is 2.23. The number of aromatic nitrogens is 1. The summed E-state index contributed by atoms with van der Waals surface area (Å²) < 4.78 is 5.41. The van der Waals surface area contributed by atoms with Gasteiger partial charge in [-0.2, -0.15) is 0 Å². The van der Waals surface area contributed by atoms with E-state index in [1.54, 1.807) is 18.3 Å². The quantitative estimate of drug-likeness (QED) is 0.888. The van der Waals surface area contributed by atoms with E-state index in [1.807, 2.05) is 0 Å². The summed E-state index contributed by atoms with van der Waals surface area (Å²) in [7, 11) is 0. The minimum absolute atomic E-state index is 0.398. The van der Waals surface area contributed by atoms with Gasteiger partial charge in [0.15, 0.2) is 0 Å². The van der Waals surface area contributed by atoms with Gasteiger partial charge in [0.05, 0.1) is 13.2 Å². The summed E-state index contributed by atoms with van der Waals surface area (Å²) in [4.78, 5) is 20.5. The molecule has 3 rings (SSSR count). The number of hydrogen-bond donors (Lipinski definition) is 1. The Morgan fingerprint density at radius 1 is 1.36 bits per heavy atom. The van der Waals surface area contributed by atoms with Crippen LogP contribution in [0.2, 0.25) is 0 Å². The molecule has 6 heteroatoms. The zero-order valence-electron chi connectivity index (χ0n) is 12.9. The highest BCUT2D eigenvalue weighted by atomic mass is 16.5. The Morgan fingerprint density at radius 2 is 2.18 bits per heavy atom. The van der Waals surface area contributed by atoms with E-state index < -0.39 is 5.91 Å². The lowest BCUT2D eigenvalue weighted by molar-refractivity contribution is 0.0296. The van der Waals surface area contributed by atoms with Gasteiger partial charge in [0, 0.05) is 44.5 Å². The van der Waals surface area contributed by atoms with Crippen LogP contribution < -0.4 is 10.6 Å². The van der Waals surface area contributed by atoms with Gasteiger partial charge in [-0.3, -0.25) is 9.69 Å². The number of morpholine rings is 1. The molecule has 2 aliphatic heterocycles. The van der Waals surface area contributed by atoms with Gasteiger partial charge in [-0.15, -0.1) is 0 Å². The third-order valence-electron chi connectivity index (χ3n) is 4.49. The highest BCUT2D eigenvalue weighted by Gasteiger charge is 2.24. The molecule has 0 radical (unpaired) electrons. The molecular formula is C16H24N4O2. The van der Waals surface area contributed by atoms with Gasteiger partial charge >= 0.3 is 0 Å². The standard InChI is InChI=1S/C16H24N4O2/c17-16(21)14-3-4-18-15(10-14)20-5-1-2-13(12-20)11-19-6-8-22-9-7-19/h3-4,10,13H,1-2,5-9,11-12H2,(H2,17,21). The largest absolute Gasteiger partial charge is 0.379 e. The predicted octanol–water partition coefficient (Wildman–Crippen LogP) is 0.729. The monoisotopic (exact) mass is 304 g/mol. The first-order valence-corrected chi connectivity index (χ1v) is 8.03. The number of nitrogens with two attached hydrogens (primary N) is 1. The van der Waals surface area contributed by atoms with Crippen molar-refractivity contribution in [1.29, 1.82) is 0 Å². The second-order valence-corrected chi connectivity index (χ2v) is 6.13. The van der Waals surface area contributed by atoms with Gasteiger partial charge in [0.25, 0.3) is 0 Å². The molecule has 1 aromatic heterocycles. The molecule has 2 fully saturated rings. The normalized spacial score (nSPS) is 23.5. The second-order valence-electron chi connectivity index (χ2n) is 6.13. The number of nitrogens with zero attached hydrogens (tertiary/aromatic N) is 3. The van der Waals surface area contributed by atoms with Crippen LogP contribution in [-0.2, 0) is 4.74 Å². The van der Waals surface area contributed by atoms with Crippen molar-refractivity contribution in [2.45, 2.75) is 12.8 Å². The Morgan fingerprint density at radius 3 is 2.95 bits per heavy atom. The Hall–Kier alpha value is -1.66. The summed E-state index contributed by atoms with van der Waals surface area (Å²) in [5.41, 5.74) is 5.89. The van der Waals surface area contributed by atoms with E-state index in [4.69, 9.17) is 10.5 Å². The third kappa shape index (κ3) is 3.75. The lowest BCUT2D eigenvalue weighted by Gasteiger charge is -2.37. The first-order valence-electron chi connectivity index (χ1n) is 8.03. The van der Waals surface area contributed by atoms with E-state index in [-0.39, 0.29) is 0 Å². The average Bonchev–Trinajstić information content (AvgIpc) is 2.56. The summed E-state index contributed by atoms with van der Waals surface area (Å²) in [5, 5.41) is 0. The number of carbonyl (C=O) groups excluding carboxylic acids is 1. The van der Waals surface area contributed by atoms with Crippen LogP contribution in [0.5, 0.6) is 0 Å². The predicted molar refractivity (Wildman–Crippen MR) is 85.0 cm³/mol. The summed E-state index contributed by atoms with van der Waals surface area (Å²) >= 11 is 0. The smallest absolute Gasteiger partial charge is 0.248 e. The molecule has 1 unspecified atom stereocenters. The Bertz CT molecular complexity index is 517. The summed E-state index contributed by atoms with van der Waals surface area (Å²) in [6.07, 6.45) is 4.09. The van der Waals surface area contributed by atoms with E-state index in [2.05, 4.69) is 14.8 Å². The van der Waals surface area contributed by atoms with E-state index in [0.29, 0.717) is 11.5 Å². The van der Waals surface area contributed by atoms with Gasteiger partial charge in [-0.25, -0.2) is 4.98 Å². The summed E-state index contributed by atoms with van der Waals surface area (Å²) in [6, 6.07) is 3.47. The van der Waals surface area contributed by atoms with Crippen LogP contribution in [0, 0.1) is 5.92 Å². The van der Waals surface area contributed by atoms with Gasteiger partial charge in [0.2, 0.25) is 5.91 Å². The fourth-order valence-electron chi connectivity index (χ4n) is 3.32. The maximum atomic E-state index is 11.3. The number of piperidine rings is 1. The van der Waals surface area contributed by atoms with E-state index in [0.717, 1.165) is 58.2 Å². The molecule has 120 valence electrons. The van der Waals surface area contributed by atoms with Crippen molar-refractivity contribution in [3.8, 4) is 0 Å². The minimum atomic E-state index is -0.398. The molecular weight excluding hydrogens is 280 g/mol. The maximum absolute atomic E-state index is 11.3. The molecule has 0 bridgehead atoms. The molecule has 0 aromatic carbocycles. The van der Waals surface area contributed by atoms with Crippen LogP contribution in [0.15, 0.2) is 18.3 Å². The summed E-state index contributed by atoms with van der Waals surface area (Å²) in [6.45, 7) is 6.87. The number of ether oxygens (including phenoxy) is 1. The van der Waals surface area contributed by atoms with Crippen molar-refractivity contribution in [3.05, 3.63) is 23.9 Å². The zero-order valence-corrected chi connectivity index (χ0v) is 12.9. The van der Waals surface area contributed by atoms with E-state index in [9.17, 15) is 4.79 Å². The molecule has 2 N–H and O–H groups in total. The first kappa shape index (κ1) is 15.2. The Labute approximate surface area is 131 Å². The van der Waals surface area contributed by atoms with Crippen molar-refractivity contribution in [2.24, 2.45) is 11.7 Å². The molecule has 2 aliphatic rings. The van der Waals surface area contributed by atoms with Crippen LogP contribution in [0.3, 0.4) is 0 Å². The minimum Gasteiger partial charge on any atom is -0.379 e. The Balaban J connectivity index is 1.62. The molecule has 1 aromatic rings. The zero-order chi connectivity index (χ0) is 15.4. The van der Waals surface area contributed by atoms with Crippen LogP contribution in [0.4, 0.5) is 5.82 Å². The molecule has 2 saturated heterocycles. The third-order valence-corrected chi connectivity index (χ3v) is 4.49. The highest BCUT2D eigenvalue weighted by molar-refractivity contribution is 5.93. The van der Waals surface area contributed by atoms with Crippen LogP contribution >= 0.6 is 0 Å². The first-order chi connectivity index (χ1) is 10.7. The van der Waals surface area contributed by atoms with Crippen molar-refractivity contribution in [3.63, 3.8) is 0 Å². The van der Waals surface area contributed by atoms with E-state index in [1.165, 1.54) is 6.42 Å². The van der Waals surface area contributed by atoms with Crippen LogP contribution in [0.1, 0.15) is 23.2 Å². The van der Waals surface area contributed by atoms with Crippen molar-refractivity contribution in [1.82, 2.24) is 9.88 Å². The average molecular weight is 304 g/mol. The number of hydrogen-bond acceptors (Lipinski definition) is 5. The van der Waals surface area contributed by atoms with Crippen molar-refractivity contribution >= 4 is 11.7 Å². The maximum Gasteiger partial charge on any atom is 0.248 e. The Kier molecular flexibility index (Phi) is 4.90. The van der Waals surface area contributed by atoms with Gasteiger partial charge < -0.3 is 15.4 Å². The SMILES string of the molecule is NC(=O)c1ccnc(N2CCCC(CN3CCOCC3)C2)c1. The molecule has 1 amide bonds. The molecule has 3 heterocycles. The van der Waals surface area contributed by atoms with Crippen molar-refractivity contribution < 1.29 is 9.53 Å². The second kappa shape index (κ2) is 7.07.